The molecule has 2 N–H and O–H groups in total. The van der Waals surface area contributed by atoms with E-state index >= 15 is 0 Å². The van der Waals surface area contributed by atoms with Crippen molar-refractivity contribution in [3.05, 3.63) is 51.9 Å². The third-order valence-electron chi connectivity index (χ3n) is 3.90. The maximum atomic E-state index is 12.0. The first-order valence-electron chi connectivity index (χ1n) is 7.44. The van der Waals surface area contributed by atoms with Gasteiger partial charge in [0.1, 0.15) is 17.5 Å². The van der Waals surface area contributed by atoms with Crippen molar-refractivity contribution in [2.45, 2.75) is 20.3 Å². The minimum absolute atomic E-state index is 0.00720. The molecule has 1 aromatic carbocycles. The number of aromatic nitrogens is 1. The number of ether oxygens (including phenoxy) is 1. The number of ketones is 1. The average molecular weight is 329 g/mol. The zero-order valence-electron chi connectivity index (χ0n) is 13.8. The number of carboxylic acid groups (broad SMARTS) is 1. The summed E-state index contributed by atoms with van der Waals surface area (Å²) in [5.74, 6) is -2.23. The lowest BCUT2D eigenvalue weighted by Crippen LogP contribution is -2.24. The van der Waals surface area contributed by atoms with Crippen LogP contribution in [0.4, 0.5) is 0 Å². The first kappa shape index (κ1) is 17.5. The van der Waals surface area contributed by atoms with Gasteiger partial charge >= 0.3 is 5.97 Å². The molecule has 24 heavy (non-hydrogen) atoms. The highest BCUT2D eigenvalue weighted by Gasteiger charge is 2.25. The van der Waals surface area contributed by atoms with Gasteiger partial charge in [0.05, 0.1) is 7.11 Å². The number of Topliss-reactive ketones (excluding diaryl/α,β-unsaturated/α-hetero) is 1. The summed E-state index contributed by atoms with van der Waals surface area (Å²) < 4.78 is 5.37. The molecule has 0 spiro atoms. The van der Waals surface area contributed by atoms with Gasteiger partial charge in [0, 0.05) is 11.8 Å². The summed E-state index contributed by atoms with van der Waals surface area (Å²) in [6.45, 7) is 3.07. The summed E-state index contributed by atoms with van der Waals surface area (Å²) in [6, 6.07) is 6.90. The molecule has 1 aromatic heterocycles. The van der Waals surface area contributed by atoms with E-state index < -0.39 is 17.7 Å². The molecule has 0 saturated heterocycles. The molecule has 0 saturated carbocycles. The van der Waals surface area contributed by atoms with Gasteiger partial charge in [-0.05, 0) is 61.2 Å². The predicted molar refractivity (Wildman–Crippen MR) is 89.3 cm³/mol. The lowest BCUT2D eigenvalue weighted by molar-refractivity contribution is -0.145. The normalized spacial score (nSPS) is 11.8. The van der Waals surface area contributed by atoms with Crippen LogP contribution in [0.5, 0.6) is 5.75 Å². The van der Waals surface area contributed by atoms with E-state index in [9.17, 15) is 19.5 Å². The number of rotatable bonds is 6. The van der Waals surface area contributed by atoms with Crippen molar-refractivity contribution in [2.75, 3.05) is 7.11 Å². The molecule has 0 amide bonds. The molecule has 126 valence electrons. The van der Waals surface area contributed by atoms with E-state index in [1.807, 2.05) is 6.92 Å². The Labute approximate surface area is 139 Å². The number of methoxy groups -OCH3 is 1. The van der Waals surface area contributed by atoms with Crippen molar-refractivity contribution in [3.63, 3.8) is 0 Å². The second-order valence-electron chi connectivity index (χ2n) is 5.60. The number of aromatic amines is 1. The number of nitrogens with one attached hydrogen (secondary N) is 1. The third kappa shape index (κ3) is 3.53. The Kier molecular flexibility index (Phi) is 5.18. The zero-order valence-corrected chi connectivity index (χ0v) is 13.8. The quantitative estimate of drug-likeness (QED) is 0.792. The van der Waals surface area contributed by atoms with Crippen LogP contribution in [0.15, 0.2) is 35.3 Å². The lowest BCUT2D eigenvalue weighted by atomic mass is 9.91. The van der Waals surface area contributed by atoms with E-state index in [-0.39, 0.29) is 12.0 Å². The predicted octanol–water partition coefficient (Wildman–Crippen LogP) is 2.19. The maximum absolute atomic E-state index is 12.0. The Morgan fingerprint density at radius 1 is 1.33 bits per heavy atom. The fourth-order valence-corrected chi connectivity index (χ4v) is 2.72. The summed E-state index contributed by atoms with van der Waals surface area (Å²) in [6.07, 6.45) is 1.55. The molecule has 1 heterocycles. The molecule has 0 aliphatic carbocycles. The fourth-order valence-electron chi connectivity index (χ4n) is 2.72. The average Bonchev–Trinajstić information content (AvgIpc) is 2.52. The number of benzene rings is 1. The summed E-state index contributed by atoms with van der Waals surface area (Å²) in [4.78, 5) is 37.5. The molecule has 0 aliphatic rings. The summed E-state index contributed by atoms with van der Waals surface area (Å²) in [5.41, 5.74) is 2.23. The number of carboxylic acids is 1. The Hall–Kier alpha value is -2.89. The van der Waals surface area contributed by atoms with E-state index in [2.05, 4.69) is 4.98 Å². The fraction of sp³-hybridized carbons (Fsp3) is 0.278. The highest BCUT2D eigenvalue weighted by atomic mass is 16.5. The second-order valence-corrected chi connectivity index (χ2v) is 5.60. The van der Waals surface area contributed by atoms with Gasteiger partial charge in [-0.1, -0.05) is 0 Å². The molecule has 2 aromatic rings. The molecule has 1 unspecified atom stereocenters. The summed E-state index contributed by atoms with van der Waals surface area (Å²) >= 11 is 0. The van der Waals surface area contributed by atoms with Crippen molar-refractivity contribution in [1.82, 2.24) is 4.98 Å². The van der Waals surface area contributed by atoms with E-state index in [0.29, 0.717) is 22.4 Å². The molecule has 0 aliphatic heterocycles. The van der Waals surface area contributed by atoms with E-state index in [1.54, 1.807) is 30.5 Å². The first-order valence-corrected chi connectivity index (χ1v) is 7.44. The van der Waals surface area contributed by atoms with Gasteiger partial charge in [-0.3, -0.25) is 14.4 Å². The monoisotopic (exact) mass is 329 g/mol. The Balaban J connectivity index is 2.58. The molecule has 0 bridgehead atoms. The number of aryl methyl sites for hydroxylation is 1. The molecule has 0 fully saturated rings. The lowest BCUT2D eigenvalue weighted by Gasteiger charge is -2.16. The van der Waals surface area contributed by atoms with Gasteiger partial charge in [-0.15, -0.1) is 0 Å². The van der Waals surface area contributed by atoms with Crippen LogP contribution in [-0.2, 0) is 16.0 Å². The Morgan fingerprint density at radius 3 is 2.58 bits per heavy atom. The van der Waals surface area contributed by atoms with Crippen LogP contribution in [0, 0.1) is 12.8 Å². The van der Waals surface area contributed by atoms with Gasteiger partial charge in [-0.25, -0.2) is 0 Å². The smallest absolute Gasteiger partial charge is 0.314 e. The number of carbonyl (C=O) groups is 2. The topological polar surface area (TPSA) is 96.5 Å². The second kappa shape index (κ2) is 7.12. The molecule has 1 atom stereocenters. The van der Waals surface area contributed by atoms with Crippen molar-refractivity contribution in [3.8, 4) is 16.9 Å². The van der Waals surface area contributed by atoms with Crippen LogP contribution < -0.4 is 10.3 Å². The minimum Gasteiger partial charge on any atom is -0.496 e. The van der Waals surface area contributed by atoms with Gasteiger partial charge < -0.3 is 14.8 Å². The zero-order chi connectivity index (χ0) is 17.9. The van der Waals surface area contributed by atoms with Crippen molar-refractivity contribution < 1.29 is 19.4 Å². The molecular weight excluding hydrogens is 310 g/mol. The number of H-pyrrole nitrogens is 1. The van der Waals surface area contributed by atoms with E-state index in [0.717, 1.165) is 5.56 Å². The van der Waals surface area contributed by atoms with Crippen molar-refractivity contribution in [2.24, 2.45) is 5.92 Å². The molecular formula is C18H19NO5. The Morgan fingerprint density at radius 2 is 2.04 bits per heavy atom. The largest absolute Gasteiger partial charge is 0.496 e. The molecule has 2 rings (SSSR count). The van der Waals surface area contributed by atoms with Crippen LogP contribution in [-0.4, -0.2) is 29.0 Å². The van der Waals surface area contributed by atoms with Crippen molar-refractivity contribution in [1.29, 1.82) is 0 Å². The highest BCUT2D eigenvalue weighted by Crippen LogP contribution is 2.31. The van der Waals surface area contributed by atoms with Crippen LogP contribution in [0.2, 0.25) is 0 Å². The number of carbonyl (C=O) groups excluding carboxylic acids is 1. The van der Waals surface area contributed by atoms with E-state index in [4.69, 9.17) is 4.74 Å². The minimum atomic E-state index is -1.18. The Bertz CT molecular complexity index is 824. The SMILES string of the molecule is COc1c(C)cc(-c2ccc[nH]c2=O)cc1CC(C(C)=O)C(=O)O. The van der Waals surface area contributed by atoms with Crippen LogP contribution in [0.1, 0.15) is 18.1 Å². The summed E-state index contributed by atoms with van der Waals surface area (Å²) in [7, 11) is 1.49. The van der Waals surface area contributed by atoms with Crippen molar-refractivity contribution >= 4 is 11.8 Å². The number of hydrogen-bond donors (Lipinski definition) is 2. The third-order valence-corrected chi connectivity index (χ3v) is 3.90. The van der Waals surface area contributed by atoms with Gasteiger partial charge in [-0.2, -0.15) is 0 Å². The first-order chi connectivity index (χ1) is 11.3. The highest BCUT2D eigenvalue weighted by molar-refractivity contribution is 5.97. The molecule has 0 radical (unpaired) electrons. The number of hydrogen-bond acceptors (Lipinski definition) is 4. The molecule has 6 heteroatoms. The number of pyridine rings is 1. The maximum Gasteiger partial charge on any atom is 0.314 e. The van der Waals surface area contributed by atoms with Gasteiger partial charge in [0.25, 0.3) is 5.56 Å². The van der Waals surface area contributed by atoms with Gasteiger partial charge in [0.15, 0.2) is 0 Å². The standard InChI is InChI=1S/C18H19NO5/c1-10-7-12(14-5-4-6-19-17(14)21)8-13(16(10)24-3)9-15(11(2)20)18(22)23/h4-8,15H,9H2,1-3H3,(H,19,21)(H,22,23). The van der Waals surface area contributed by atoms with Crippen LogP contribution >= 0.6 is 0 Å². The summed E-state index contributed by atoms with van der Waals surface area (Å²) in [5, 5.41) is 9.25. The molecule has 6 nitrogen and oxygen atoms in total. The van der Waals surface area contributed by atoms with Crippen LogP contribution in [0.25, 0.3) is 11.1 Å². The van der Waals surface area contributed by atoms with Crippen LogP contribution in [0.3, 0.4) is 0 Å². The number of aliphatic carboxylic acids is 1. The van der Waals surface area contributed by atoms with E-state index in [1.165, 1.54) is 14.0 Å². The van der Waals surface area contributed by atoms with Gasteiger partial charge in [0.2, 0.25) is 0 Å².